The summed E-state index contributed by atoms with van der Waals surface area (Å²) in [4.78, 5) is 26.6. The number of fused-ring (bicyclic) bond motifs is 1. The third kappa shape index (κ3) is 4.26. The van der Waals surface area contributed by atoms with E-state index in [2.05, 4.69) is 25.4 Å². The molecule has 1 saturated carbocycles. The van der Waals surface area contributed by atoms with E-state index in [1.807, 2.05) is 0 Å². The van der Waals surface area contributed by atoms with Crippen molar-refractivity contribution in [1.82, 2.24) is 24.7 Å². The van der Waals surface area contributed by atoms with Crippen molar-refractivity contribution in [3.05, 3.63) is 59.1 Å². The number of pyridine rings is 1. The van der Waals surface area contributed by atoms with Gasteiger partial charge in [0, 0.05) is 38.7 Å². The van der Waals surface area contributed by atoms with Gasteiger partial charge in [-0.05, 0) is 30.5 Å². The molecule has 1 fully saturated rings. The molecule has 1 spiro atoms. The number of aryl methyl sites for hydroxylation is 3. The van der Waals surface area contributed by atoms with Gasteiger partial charge in [-0.1, -0.05) is 6.07 Å². The number of carbonyl (C=O) groups excluding carboxylic acids is 1. The average Bonchev–Trinajstić information content (AvgIpc) is 3.22. The maximum absolute atomic E-state index is 13.7. The molecule has 0 saturated heterocycles. The van der Waals surface area contributed by atoms with Gasteiger partial charge in [-0.25, -0.2) is 18.7 Å². The molecule has 3 aromatic rings. The Labute approximate surface area is 202 Å². The van der Waals surface area contributed by atoms with Crippen LogP contribution < -0.4 is 10.2 Å². The van der Waals surface area contributed by atoms with Crippen molar-refractivity contribution in [2.24, 2.45) is 0 Å². The van der Waals surface area contributed by atoms with Crippen LogP contribution in [-0.2, 0) is 30.4 Å². The van der Waals surface area contributed by atoms with Crippen LogP contribution in [0.3, 0.4) is 0 Å². The van der Waals surface area contributed by atoms with Crippen LogP contribution in [0.4, 0.5) is 33.5 Å². The second-order valence-corrected chi connectivity index (χ2v) is 9.27. The highest BCUT2D eigenvalue weighted by molar-refractivity contribution is 6.07. The number of alkyl halides is 5. The Morgan fingerprint density at radius 3 is 2.47 bits per heavy atom. The number of anilines is 2. The van der Waals surface area contributed by atoms with Crippen LogP contribution in [-0.4, -0.2) is 49.1 Å². The minimum atomic E-state index is -4.49. The van der Waals surface area contributed by atoms with Gasteiger partial charge >= 0.3 is 6.18 Å². The van der Waals surface area contributed by atoms with Crippen LogP contribution in [0.25, 0.3) is 0 Å². The van der Waals surface area contributed by atoms with Crippen molar-refractivity contribution in [2.45, 2.75) is 56.8 Å². The molecule has 5 rings (SSSR count). The van der Waals surface area contributed by atoms with Gasteiger partial charge in [-0.2, -0.15) is 18.3 Å². The number of hydrogen-bond acceptors (Lipinski definition) is 6. The first-order chi connectivity index (χ1) is 16.9. The number of likely N-dealkylation sites (N-methyl/N-ethyl adjacent to an activating group) is 1. The monoisotopic (exact) mass is 507 g/mol. The third-order valence-electron chi connectivity index (χ3n) is 6.62. The van der Waals surface area contributed by atoms with Crippen LogP contribution in [0.2, 0.25) is 0 Å². The zero-order valence-corrected chi connectivity index (χ0v) is 19.4. The van der Waals surface area contributed by atoms with Gasteiger partial charge in [0.25, 0.3) is 11.8 Å². The van der Waals surface area contributed by atoms with Crippen molar-refractivity contribution < 1.29 is 26.7 Å². The van der Waals surface area contributed by atoms with Crippen LogP contribution >= 0.6 is 0 Å². The highest BCUT2D eigenvalue weighted by Crippen LogP contribution is 2.53. The molecule has 13 heteroatoms. The molecule has 8 nitrogen and oxygen atoms in total. The van der Waals surface area contributed by atoms with E-state index in [-0.39, 0.29) is 6.54 Å². The minimum Gasteiger partial charge on any atom is -0.343 e. The molecule has 0 atom stereocenters. The van der Waals surface area contributed by atoms with Crippen molar-refractivity contribution in [3.8, 4) is 0 Å². The molecule has 0 aromatic carbocycles. The van der Waals surface area contributed by atoms with Crippen molar-refractivity contribution in [3.63, 3.8) is 0 Å². The highest BCUT2D eigenvalue weighted by Gasteiger charge is 2.65. The van der Waals surface area contributed by atoms with E-state index >= 15 is 0 Å². The molecule has 190 valence electrons. The molecule has 4 heterocycles. The number of nitrogens with one attached hydrogen (secondary N) is 1. The maximum Gasteiger partial charge on any atom is 0.433 e. The summed E-state index contributed by atoms with van der Waals surface area (Å²) in [6, 6.07) is 2.30. The first-order valence-electron chi connectivity index (χ1n) is 11.2. The summed E-state index contributed by atoms with van der Waals surface area (Å²) in [6.45, 7) is 1.98. The van der Waals surface area contributed by atoms with Crippen LogP contribution in [0.15, 0.2) is 30.7 Å². The second-order valence-electron chi connectivity index (χ2n) is 9.27. The van der Waals surface area contributed by atoms with Gasteiger partial charge in [0.2, 0.25) is 0 Å². The lowest BCUT2D eigenvalue weighted by atomic mass is 9.70. The number of halogens is 5. The van der Waals surface area contributed by atoms with Crippen molar-refractivity contribution >= 4 is 17.4 Å². The molecular weight excluding hydrogens is 485 g/mol. The van der Waals surface area contributed by atoms with Gasteiger partial charge in [0.15, 0.2) is 5.82 Å². The standard InChI is InChI=1S/C23H22F5N7O/c1-13-18-19(34(2)21(20(36)33-18)11-22(24,25)12-21)32-17(31-13)6-4-15-8-30-35(10-15)9-14-3-5-16(29-7-14)23(26,27)28/h3,5,7-8,10H,4,6,9,11-12H2,1-2H3,(H,33,36). The Morgan fingerprint density at radius 1 is 1.08 bits per heavy atom. The summed E-state index contributed by atoms with van der Waals surface area (Å²) in [5.74, 6) is -2.45. The second kappa shape index (κ2) is 8.20. The molecular formula is C23H22F5N7O. The quantitative estimate of drug-likeness (QED) is 0.529. The maximum atomic E-state index is 13.7. The van der Waals surface area contributed by atoms with E-state index in [0.717, 1.165) is 11.6 Å². The molecule has 1 aliphatic heterocycles. The SMILES string of the molecule is Cc1nc(CCc2cnn(Cc3ccc(C(F)(F)F)nc3)c2)nc2c1NC(=O)C1(CC(F)(F)C1)N2C. The van der Waals surface area contributed by atoms with E-state index in [4.69, 9.17) is 0 Å². The zero-order valence-electron chi connectivity index (χ0n) is 19.4. The molecule has 0 bridgehead atoms. The van der Waals surface area contributed by atoms with E-state index in [9.17, 15) is 26.7 Å². The first-order valence-corrected chi connectivity index (χ1v) is 11.2. The Morgan fingerprint density at radius 2 is 1.83 bits per heavy atom. The summed E-state index contributed by atoms with van der Waals surface area (Å²) in [5.41, 5.74) is 0.141. The van der Waals surface area contributed by atoms with Gasteiger partial charge in [0.05, 0.1) is 18.4 Å². The molecule has 3 aromatic heterocycles. The molecule has 1 aliphatic carbocycles. The molecule has 36 heavy (non-hydrogen) atoms. The lowest BCUT2D eigenvalue weighted by Crippen LogP contribution is -2.69. The van der Waals surface area contributed by atoms with Crippen molar-refractivity contribution in [2.75, 3.05) is 17.3 Å². The molecule has 1 amide bonds. The fraction of sp³-hybridized carbons (Fsp3) is 0.435. The third-order valence-corrected chi connectivity index (χ3v) is 6.62. The van der Waals surface area contributed by atoms with E-state index < -0.39 is 42.1 Å². The summed E-state index contributed by atoms with van der Waals surface area (Å²) in [7, 11) is 1.60. The van der Waals surface area contributed by atoms with Crippen LogP contribution in [0, 0.1) is 6.92 Å². The van der Waals surface area contributed by atoms with Gasteiger partial charge in [0.1, 0.15) is 22.7 Å². The molecule has 0 unspecified atom stereocenters. The van der Waals surface area contributed by atoms with Gasteiger partial charge in [-0.15, -0.1) is 0 Å². The number of rotatable bonds is 5. The first kappa shape index (κ1) is 24.1. The Bertz CT molecular complexity index is 1310. The number of carbonyl (C=O) groups is 1. The summed E-state index contributed by atoms with van der Waals surface area (Å²) >= 11 is 0. The normalized spacial score (nSPS) is 18.1. The highest BCUT2D eigenvalue weighted by atomic mass is 19.4. The lowest BCUT2D eigenvalue weighted by molar-refractivity contribution is -0.152. The Kier molecular flexibility index (Phi) is 5.49. The Hall–Kier alpha value is -3.64. The Balaban J connectivity index is 1.27. The molecule has 1 N–H and O–H groups in total. The summed E-state index contributed by atoms with van der Waals surface area (Å²) in [6.07, 6.45) is -0.0371. The van der Waals surface area contributed by atoms with Crippen molar-refractivity contribution in [1.29, 1.82) is 0 Å². The minimum absolute atomic E-state index is 0.261. The fourth-order valence-corrected chi connectivity index (χ4v) is 4.65. The number of aromatic nitrogens is 5. The number of hydrogen-bond donors (Lipinski definition) is 1. The number of amides is 1. The smallest absolute Gasteiger partial charge is 0.343 e. The predicted octanol–water partition coefficient (Wildman–Crippen LogP) is 3.79. The van der Waals surface area contributed by atoms with E-state index in [1.54, 1.807) is 31.0 Å². The van der Waals surface area contributed by atoms with E-state index in [1.165, 1.54) is 17.2 Å². The lowest BCUT2D eigenvalue weighted by Gasteiger charge is -2.53. The zero-order chi connectivity index (χ0) is 25.9. The van der Waals surface area contributed by atoms with E-state index in [0.29, 0.717) is 41.4 Å². The topological polar surface area (TPSA) is 88.8 Å². The van der Waals surface area contributed by atoms with Crippen LogP contribution in [0.5, 0.6) is 0 Å². The van der Waals surface area contributed by atoms with Gasteiger partial charge in [-0.3, -0.25) is 14.5 Å². The predicted molar refractivity (Wildman–Crippen MR) is 119 cm³/mol. The largest absolute Gasteiger partial charge is 0.433 e. The van der Waals surface area contributed by atoms with Crippen LogP contribution in [0.1, 0.15) is 41.2 Å². The molecule has 0 radical (unpaired) electrons. The fourth-order valence-electron chi connectivity index (χ4n) is 4.65. The number of nitrogens with zero attached hydrogens (tertiary/aromatic N) is 6. The average molecular weight is 507 g/mol. The summed E-state index contributed by atoms with van der Waals surface area (Å²) in [5, 5.41) is 6.96. The summed E-state index contributed by atoms with van der Waals surface area (Å²) < 4.78 is 67.0. The molecule has 2 aliphatic rings. The van der Waals surface area contributed by atoms with Gasteiger partial charge < -0.3 is 10.2 Å².